The first-order valence-electron chi connectivity index (χ1n) is 17.7. The van der Waals surface area contributed by atoms with Crippen LogP contribution in [-0.4, -0.2) is 37.0 Å². The molecule has 0 spiro atoms. The van der Waals surface area contributed by atoms with E-state index in [1.807, 2.05) is 0 Å². The van der Waals surface area contributed by atoms with E-state index < -0.39 is 6.10 Å². The average Bonchev–Trinajstić information content (AvgIpc) is 3.00. The minimum absolute atomic E-state index is 0.177. The molecule has 0 rings (SSSR count). The molecule has 0 aliphatic rings. The molecule has 0 aromatic rings. The molecule has 0 radical (unpaired) electrons. The molecule has 0 aliphatic heterocycles. The third-order valence-corrected chi connectivity index (χ3v) is 7.42. The lowest BCUT2D eigenvalue weighted by Crippen LogP contribution is -2.27. The number of esters is 1. The largest absolute Gasteiger partial charge is 0.457 e. The number of unbranched alkanes of at least 4 members (excludes halogenated alkanes) is 16. The van der Waals surface area contributed by atoms with Gasteiger partial charge in [0, 0.05) is 13.0 Å². The van der Waals surface area contributed by atoms with Gasteiger partial charge >= 0.3 is 5.97 Å². The van der Waals surface area contributed by atoms with Crippen LogP contribution in [0.4, 0.5) is 0 Å². The average molecular weight is 589 g/mol. The molecule has 4 heteroatoms. The highest BCUT2D eigenvalue weighted by Crippen LogP contribution is 2.12. The first-order chi connectivity index (χ1) is 20.7. The predicted molar refractivity (Wildman–Crippen MR) is 182 cm³/mol. The van der Waals surface area contributed by atoms with Gasteiger partial charge in [0.25, 0.3) is 0 Å². The molecule has 1 atom stereocenters. The fraction of sp³-hybridized carbons (Fsp3) is 0.763. The second-order valence-electron chi connectivity index (χ2n) is 11.6. The van der Waals surface area contributed by atoms with Gasteiger partial charge in [-0.15, -0.1) is 0 Å². The zero-order valence-electron chi connectivity index (χ0n) is 27.8. The highest BCUT2D eigenvalue weighted by molar-refractivity contribution is 5.69. The molecule has 1 N–H and O–H groups in total. The van der Waals surface area contributed by atoms with Crippen LogP contribution in [0.25, 0.3) is 0 Å². The third kappa shape index (κ3) is 32.9. The minimum Gasteiger partial charge on any atom is -0.457 e. The van der Waals surface area contributed by atoms with Gasteiger partial charge in [0.15, 0.2) is 0 Å². The van der Waals surface area contributed by atoms with Gasteiger partial charge in [0.05, 0.1) is 13.2 Å². The Morgan fingerprint density at radius 1 is 0.595 bits per heavy atom. The highest BCUT2D eigenvalue weighted by atomic mass is 16.6. The normalized spacial score (nSPS) is 12.9. The van der Waals surface area contributed by atoms with Crippen molar-refractivity contribution in [3.63, 3.8) is 0 Å². The summed E-state index contributed by atoms with van der Waals surface area (Å²) in [5.74, 6) is -0.216. The molecule has 0 saturated heterocycles. The topological polar surface area (TPSA) is 55.8 Å². The Balaban J connectivity index is 3.50. The van der Waals surface area contributed by atoms with Crippen molar-refractivity contribution in [3.8, 4) is 0 Å². The number of allylic oxidation sites excluding steroid dienone is 8. The summed E-state index contributed by atoms with van der Waals surface area (Å²) in [6, 6.07) is 0. The van der Waals surface area contributed by atoms with Gasteiger partial charge in [-0.3, -0.25) is 4.79 Å². The van der Waals surface area contributed by atoms with Gasteiger partial charge in [-0.05, 0) is 51.4 Å². The SMILES string of the molecule is CC/C=C\C/C=C\C/C=C\C/C=C\CCCCCCCCC(=O)OC(CO)COCCCCCCCCCCCCC. The number of aliphatic hydroxyl groups excluding tert-OH is 1. The van der Waals surface area contributed by atoms with Crippen molar-refractivity contribution in [2.75, 3.05) is 19.8 Å². The van der Waals surface area contributed by atoms with Gasteiger partial charge < -0.3 is 14.6 Å². The first kappa shape index (κ1) is 40.4. The Kier molecular flexibility index (Phi) is 34.1. The summed E-state index contributed by atoms with van der Waals surface area (Å²) in [6.45, 7) is 5.21. The van der Waals surface area contributed by atoms with Gasteiger partial charge in [-0.1, -0.05) is 152 Å². The van der Waals surface area contributed by atoms with E-state index in [9.17, 15) is 9.90 Å². The van der Waals surface area contributed by atoms with Crippen molar-refractivity contribution in [2.45, 2.75) is 168 Å². The molecule has 42 heavy (non-hydrogen) atoms. The summed E-state index contributed by atoms with van der Waals surface area (Å²) in [6.07, 6.45) is 44.3. The van der Waals surface area contributed by atoms with E-state index in [-0.39, 0.29) is 12.6 Å². The standard InChI is InChI=1S/C38H68O4/c1-3-5-7-9-11-13-15-16-17-18-19-20-21-22-23-25-27-29-31-33-38(40)42-37(35-39)36-41-34-32-30-28-26-24-14-12-10-8-6-4-2/h5,7,11,13,16-17,19-20,37,39H,3-4,6,8-10,12,14-15,18,21-36H2,1-2H3/b7-5-,13-11-,17-16-,20-19-. The number of carbonyl (C=O) groups excluding carboxylic acids is 1. The highest BCUT2D eigenvalue weighted by Gasteiger charge is 2.13. The molecule has 0 heterocycles. The number of ether oxygens (including phenoxy) is 2. The molecule has 0 aromatic heterocycles. The van der Waals surface area contributed by atoms with Crippen molar-refractivity contribution < 1.29 is 19.4 Å². The molecule has 4 nitrogen and oxygen atoms in total. The molecular formula is C38H68O4. The van der Waals surface area contributed by atoms with Crippen LogP contribution >= 0.6 is 0 Å². The predicted octanol–water partition coefficient (Wildman–Crippen LogP) is 11.1. The van der Waals surface area contributed by atoms with E-state index in [0.717, 1.165) is 57.8 Å². The van der Waals surface area contributed by atoms with Crippen LogP contribution in [0, 0.1) is 0 Å². The molecule has 0 saturated carbocycles. The maximum Gasteiger partial charge on any atom is 0.306 e. The number of hydrogen-bond acceptors (Lipinski definition) is 4. The van der Waals surface area contributed by atoms with Crippen LogP contribution in [0.1, 0.15) is 162 Å². The second-order valence-corrected chi connectivity index (χ2v) is 11.6. The summed E-state index contributed by atoms with van der Waals surface area (Å²) in [5.41, 5.74) is 0. The van der Waals surface area contributed by atoms with Crippen LogP contribution in [0.15, 0.2) is 48.6 Å². The second kappa shape index (κ2) is 35.5. The number of aliphatic hydroxyl groups is 1. The fourth-order valence-corrected chi connectivity index (χ4v) is 4.79. The van der Waals surface area contributed by atoms with Crippen LogP contribution in [-0.2, 0) is 14.3 Å². The van der Waals surface area contributed by atoms with Crippen molar-refractivity contribution >= 4 is 5.97 Å². The minimum atomic E-state index is -0.538. The van der Waals surface area contributed by atoms with E-state index in [4.69, 9.17) is 9.47 Å². The molecule has 0 aromatic carbocycles. The maximum atomic E-state index is 12.1. The summed E-state index contributed by atoms with van der Waals surface area (Å²) >= 11 is 0. The van der Waals surface area contributed by atoms with E-state index in [2.05, 4.69) is 62.5 Å². The summed E-state index contributed by atoms with van der Waals surface area (Å²) in [4.78, 5) is 12.1. The lowest BCUT2D eigenvalue weighted by molar-refractivity contribution is -0.154. The summed E-state index contributed by atoms with van der Waals surface area (Å²) in [5, 5.41) is 9.53. The Hall–Kier alpha value is -1.65. The van der Waals surface area contributed by atoms with E-state index in [1.54, 1.807) is 0 Å². The zero-order valence-corrected chi connectivity index (χ0v) is 27.8. The summed E-state index contributed by atoms with van der Waals surface area (Å²) < 4.78 is 11.1. The molecule has 244 valence electrons. The number of carbonyl (C=O) groups is 1. The Morgan fingerprint density at radius 3 is 1.62 bits per heavy atom. The van der Waals surface area contributed by atoms with Crippen LogP contribution in [0.5, 0.6) is 0 Å². The van der Waals surface area contributed by atoms with Crippen molar-refractivity contribution in [2.24, 2.45) is 0 Å². The van der Waals surface area contributed by atoms with Crippen LogP contribution in [0.2, 0.25) is 0 Å². The third-order valence-electron chi connectivity index (χ3n) is 7.42. The van der Waals surface area contributed by atoms with E-state index in [0.29, 0.717) is 19.6 Å². The van der Waals surface area contributed by atoms with Crippen molar-refractivity contribution in [1.29, 1.82) is 0 Å². The number of rotatable bonds is 32. The van der Waals surface area contributed by atoms with E-state index in [1.165, 1.54) is 83.5 Å². The molecule has 0 aliphatic carbocycles. The van der Waals surface area contributed by atoms with Gasteiger partial charge in [0.2, 0.25) is 0 Å². The van der Waals surface area contributed by atoms with Crippen molar-refractivity contribution in [1.82, 2.24) is 0 Å². The van der Waals surface area contributed by atoms with Crippen LogP contribution < -0.4 is 0 Å². The van der Waals surface area contributed by atoms with Crippen molar-refractivity contribution in [3.05, 3.63) is 48.6 Å². The van der Waals surface area contributed by atoms with E-state index >= 15 is 0 Å². The number of hydrogen-bond donors (Lipinski definition) is 1. The molecule has 0 amide bonds. The molecule has 0 fully saturated rings. The quantitative estimate of drug-likeness (QED) is 0.0482. The van der Waals surface area contributed by atoms with Gasteiger partial charge in [0.1, 0.15) is 6.10 Å². The lowest BCUT2D eigenvalue weighted by atomic mass is 10.1. The Morgan fingerprint density at radius 2 is 1.07 bits per heavy atom. The summed E-state index contributed by atoms with van der Waals surface area (Å²) in [7, 11) is 0. The molecular weight excluding hydrogens is 520 g/mol. The lowest BCUT2D eigenvalue weighted by Gasteiger charge is -2.15. The smallest absolute Gasteiger partial charge is 0.306 e. The Labute approximate surface area is 261 Å². The Bertz CT molecular complexity index is 664. The molecule has 0 bridgehead atoms. The van der Waals surface area contributed by atoms with Crippen LogP contribution in [0.3, 0.4) is 0 Å². The zero-order chi connectivity index (χ0) is 30.6. The van der Waals surface area contributed by atoms with Gasteiger partial charge in [-0.25, -0.2) is 0 Å². The first-order valence-corrected chi connectivity index (χ1v) is 17.7. The monoisotopic (exact) mass is 589 g/mol. The maximum absolute atomic E-state index is 12.1. The molecule has 1 unspecified atom stereocenters. The fourth-order valence-electron chi connectivity index (χ4n) is 4.79. The van der Waals surface area contributed by atoms with Gasteiger partial charge in [-0.2, -0.15) is 0 Å².